The molecule has 14 heavy (non-hydrogen) atoms. The van der Waals surface area contributed by atoms with Crippen molar-refractivity contribution >= 4 is 8.56 Å². The van der Waals surface area contributed by atoms with E-state index in [1.165, 1.54) is 0 Å². The van der Waals surface area contributed by atoms with Crippen LogP contribution >= 0.6 is 0 Å². The Morgan fingerprint density at radius 3 is 1.71 bits per heavy atom. The standard InChI is InChI=1S/C11H20O2Si/c1-11(2,3)14(12-4,13-5)10-8-6-7-9-10/h6-10H,1-5H3. The quantitative estimate of drug-likeness (QED) is 0.670. The Kier molecular flexibility index (Phi) is 3.34. The van der Waals surface area contributed by atoms with Gasteiger partial charge in [0.25, 0.3) is 0 Å². The van der Waals surface area contributed by atoms with Crippen LogP contribution in [-0.2, 0) is 8.85 Å². The second-order valence-electron chi connectivity index (χ2n) is 4.62. The normalized spacial score (nSPS) is 18.1. The zero-order chi connectivity index (χ0) is 10.8. The largest absolute Gasteiger partial charge is 0.397 e. The molecule has 0 saturated carbocycles. The third-order valence-electron chi connectivity index (χ3n) is 2.84. The summed E-state index contributed by atoms with van der Waals surface area (Å²) in [6.07, 6.45) is 8.47. The maximum absolute atomic E-state index is 5.75. The molecule has 0 amide bonds. The summed E-state index contributed by atoms with van der Waals surface area (Å²) in [5.41, 5.74) is 0.331. The predicted molar refractivity (Wildman–Crippen MR) is 61.5 cm³/mol. The highest BCUT2D eigenvalue weighted by molar-refractivity contribution is 6.73. The molecule has 0 atom stereocenters. The fourth-order valence-corrected chi connectivity index (χ4v) is 5.82. The third-order valence-corrected chi connectivity index (χ3v) is 7.41. The van der Waals surface area contributed by atoms with Crippen molar-refractivity contribution in [2.75, 3.05) is 14.2 Å². The van der Waals surface area contributed by atoms with Crippen molar-refractivity contribution in [2.24, 2.45) is 0 Å². The second-order valence-corrected chi connectivity index (χ2v) is 8.94. The van der Waals surface area contributed by atoms with Gasteiger partial charge in [-0.1, -0.05) is 45.1 Å². The van der Waals surface area contributed by atoms with E-state index in [2.05, 4.69) is 45.1 Å². The Bertz CT molecular complexity index is 235. The van der Waals surface area contributed by atoms with E-state index in [1.807, 2.05) is 0 Å². The van der Waals surface area contributed by atoms with Crippen LogP contribution in [0.4, 0.5) is 0 Å². The molecule has 0 aromatic heterocycles. The molecule has 3 heteroatoms. The Labute approximate surface area is 87.9 Å². The van der Waals surface area contributed by atoms with Crippen LogP contribution in [-0.4, -0.2) is 22.8 Å². The predicted octanol–water partition coefficient (Wildman–Crippen LogP) is 3.02. The Morgan fingerprint density at radius 2 is 1.43 bits per heavy atom. The van der Waals surface area contributed by atoms with Crippen LogP contribution in [0.25, 0.3) is 0 Å². The minimum atomic E-state index is -2.19. The number of rotatable bonds is 3. The molecular formula is C11H20O2Si. The van der Waals surface area contributed by atoms with Gasteiger partial charge in [-0.25, -0.2) is 0 Å². The first kappa shape index (κ1) is 11.7. The summed E-state index contributed by atoms with van der Waals surface area (Å²) >= 11 is 0. The highest BCUT2D eigenvalue weighted by Crippen LogP contribution is 2.46. The molecule has 0 radical (unpaired) electrons. The molecule has 0 N–H and O–H groups in total. The van der Waals surface area contributed by atoms with Gasteiger partial charge in [0.05, 0.1) is 0 Å². The van der Waals surface area contributed by atoms with E-state index >= 15 is 0 Å². The molecule has 0 aromatic carbocycles. The molecular weight excluding hydrogens is 192 g/mol. The van der Waals surface area contributed by atoms with E-state index in [0.29, 0.717) is 5.54 Å². The van der Waals surface area contributed by atoms with Crippen LogP contribution in [0.2, 0.25) is 10.6 Å². The molecule has 0 heterocycles. The average molecular weight is 212 g/mol. The lowest BCUT2D eigenvalue weighted by Crippen LogP contribution is -2.51. The Morgan fingerprint density at radius 1 is 1.00 bits per heavy atom. The van der Waals surface area contributed by atoms with Crippen LogP contribution in [0.3, 0.4) is 0 Å². The summed E-state index contributed by atoms with van der Waals surface area (Å²) in [6.45, 7) is 6.56. The molecule has 0 aliphatic heterocycles. The average Bonchev–Trinajstić information content (AvgIpc) is 2.58. The third kappa shape index (κ3) is 1.72. The van der Waals surface area contributed by atoms with Crippen molar-refractivity contribution in [1.29, 1.82) is 0 Å². The number of hydrogen-bond donors (Lipinski definition) is 0. The van der Waals surface area contributed by atoms with Gasteiger partial charge in [-0.05, 0) is 0 Å². The maximum atomic E-state index is 5.75. The van der Waals surface area contributed by atoms with Gasteiger partial charge in [0.1, 0.15) is 0 Å². The molecule has 1 aliphatic carbocycles. The van der Waals surface area contributed by atoms with E-state index in [4.69, 9.17) is 8.85 Å². The van der Waals surface area contributed by atoms with Crippen LogP contribution < -0.4 is 0 Å². The van der Waals surface area contributed by atoms with E-state index in [1.54, 1.807) is 14.2 Å². The molecule has 0 aromatic rings. The van der Waals surface area contributed by atoms with Gasteiger partial charge in [-0.15, -0.1) is 0 Å². The monoisotopic (exact) mass is 212 g/mol. The minimum Gasteiger partial charge on any atom is -0.397 e. The van der Waals surface area contributed by atoms with Crippen molar-refractivity contribution in [3.05, 3.63) is 24.3 Å². The van der Waals surface area contributed by atoms with Crippen molar-refractivity contribution < 1.29 is 8.85 Å². The summed E-state index contributed by atoms with van der Waals surface area (Å²) < 4.78 is 11.5. The minimum absolute atomic E-state index is 0.0696. The van der Waals surface area contributed by atoms with Gasteiger partial charge in [0.2, 0.25) is 0 Å². The van der Waals surface area contributed by atoms with Gasteiger partial charge >= 0.3 is 8.56 Å². The zero-order valence-corrected chi connectivity index (χ0v) is 10.7. The SMILES string of the molecule is CO[Si](OC)(C1C=CC=C1)C(C)(C)C. The zero-order valence-electron chi connectivity index (χ0n) is 9.70. The molecule has 80 valence electrons. The smallest absolute Gasteiger partial charge is 0.354 e. The van der Waals surface area contributed by atoms with Crippen LogP contribution in [0.1, 0.15) is 20.8 Å². The lowest BCUT2D eigenvalue weighted by atomic mass is 10.2. The molecule has 0 unspecified atom stereocenters. The first-order valence-electron chi connectivity index (χ1n) is 4.93. The molecule has 0 saturated heterocycles. The van der Waals surface area contributed by atoms with Crippen LogP contribution in [0.15, 0.2) is 24.3 Å². The van der Waals surface area contributed by atoms with E-state index in [9.17, 15) is 0 Å². The fraction of sp³-hybridized carbons (Fsp3) is 0.636. The highest BCUT2D eigenvalue weighted by Gasteiger charge is 2.52. The summed E-state index contributed by atoms with van der Waals surface area (Å²) in [5, 5.41) is 0.0696. The fourth-order valence-electron chi connectivity index (χ4n) is 2.15. The molecule has 0 fully saturated rings. The second kappa shape index (κ2) is 4.01. The summed E-state index contributed by atoms with van der Waals surface area (Å²) in [5.74, 6) is 0. The van der Waals surface area contributed by atoms with E-state index < -0.39 is 8.56 Å². The lowest BCUT2D eigenvalue weighted by Gasteiger charge is -2.41. The van der Waals surface area contributed by atoms with Crippen molar-refractivity contribution in [2.45, 2.75) is 31.4 Å². The van der Waals surface area contributed by atoms with Gasteiger partial charge in [0.15, 0.2) is 0 Å². The Hall–Kier alpha value is -0.383. The lowest BCUT2D eigenvalue weighted by molar-refractivity contribution is 0.211. The first-order chi connectivity index (χ1) is 6.48. The van der Waals surface area contributed by atoms with Crippen LogP contribution in [0, 0.1) is 0 Å². The van der Waals surface area contributed by atoms with Gasteiger partial charge < -0.3 is 8.85 Å². The first-order valence-corrected chi connectivity index (χ1v) is 6.82. The number of hydrogen-bond acceptors (Lipinski definition) is 2. The molecule has 1 aliphatic rings. The van der Waals surface area contributed by atoms with E-state index in [-0.39, 0.29) is 5.04 Å². The molecule has 2 nitrogen and oxygen atoms in total. The molecule has 0 bridgehead atoms. The summed E-state index contributed by atoms with van der Waals surface area (Å²) in [4.78, 5) is 0. The van der Waals surface area contributed by atoms with Crippen molar-refractivity contribution in [3.8, 4) is 0 Å². The van der Waals surface area contributed by atoms with Gasteiger partial charge in [0, 0.05) is 24.8 Å². The molecule has 0 spiro atoms. The maximum Gasteiger partial charge on any atom is 0.354 e. The van der Waals surface area contributed by atoms with E-state index in [0.717, 1.165) is 0 Å². The number of allylic oxidation sites excluding steroid dienone is 4. The summed E-state index contributed by atoms with van der Waals surface area (Å²) in [7, 11) is 1.34. The van der Waals surface area contributed by atoms with Crippen molar-refractivity contribution in [3.63, 3.8) is 0 Å². The Balaban J connectivity index is 3.03. The van der Waals surface area contributed by atoms with Crippen LogP contribution in [0.5, 0.6) is 0 Å². The topological polar surface area (TPSA) is 18.5 Å². The van der Waals surface area contributed by atoms with Gasteiger partial charge in [-0.3, -0.25) is 0 Å². The van der Waals surface area contributed by atoms with Crippen molar-refractivity contribution in [1.82, 2.24) is 0 Å². The highest BCUT2D eigenvalue weighted by atomic mass is 28.4. The summed E-state index contributed by atoms with van der Waals surface area (Å²) in [6, 6.07) is 0. The van der Waals surface area contributed by atoms with Gasteiger partial charge in [-0.2, -0.15) is 0 Å². The molecule has 1 rings (SSSR count).